The number of rotatable bonds is 8. The second kappa shape index (κ2) is 8.13. The Bertz CT molecular complexity index is 219. The normalized spacial score (nSPS) is 23.2. The first kappa shape index (κ1) is 15.9. The average Bonchev–Trinajstić information content (AvgIpc) is 2.76. The van der Waals surface area contributed by atoms with Crippen LogP contribution in [0.2, 0.25) is 0 Å². The van der Waals surface area contributed by atoms with E-state index in [1.165, 1.54) is 19.5 Å². The number of hydrogen-bond acceptors (Lipinski definition) is 3. The fourth-order valence-corrected chi connectivity index (χ4v) is 2.72. The summed E-state index contributed by atoms with van der Waals surface area (Å²) in [5, 5.41) is 3.57. The van der Waals surface area contributed by atoms with Gasteiger partial charge in [0.15, 0.2) is 0 Å². The molecule has 2 unspecified atom stereocenters. The molecule has 1 heterocycles. The lowest BCUT2D eigenvalue weighted by Gasteiger charge is -2.28. The number of methoxy groups -OCH3 is 1. The van der Waals surface area contributed by atoms with Crippen LogP contribution in [-0.4, -0.2) is 50.8 Å². The first-order chi connectivity index (χ1) is 8.54. The van der Waals surface area contributed by atoms with Crippen molar-refractivity contribution in [2.75, 3.05) is 39.9 Å². The number of nitrogens with zero attached hydrogens (tertiary/aromatic N) is 1. The predicted octanol–water partition coefficient (Wildman–Crippen LogP) is 2.22. The predicted molar refractivity (Wildman–Crippen MR) is 77.9 cm³/mol. The van der Waals surface area contributed by atoms with E-state index >= 15 is 0 Å². The number of ether oxygens (including phenoxy) is 1. The molecule has 0 aromatic carbocycles. The molecule has 0 aromatic heterocycles. The maximum absolute atomic E-state index is 5.39. The Labute approximate surface area is 113 Å². The van der Waals surface area contributed by atoms with Crippen LogP contribution in [0.15, 0.2) is 0 Å². The second-order valence-corrected chi connectivity index (χ2v) is 6.45. The SMILES string of the molecule is COCC(CNCC(C)C)N1CCC(C(C)C)C1. The quantitative estimate of drug-likeness (QED) is 0.721. The lowest BCUT2D eigenvalue weighted by atomic mass is 9.95. The van der Waals surface area contributed by atoms with Crippen LogP contribution in [0.25, 0.3) is 0 Å². The van der Waals surface area contributed by atoms with Crippen molar-refractivity contribution < 1.29 is 4.74 Å². The van der Waals surface area contributed by atoms with Crippen molar-refractivity contribution in [3.8, 4) is 0 Å². The molecule has 108 valence electrons. The van der Waals surface area contributed by atoms with Crippen molar-refractivity contribution in [3.05, 3.63) is 0 Å². The van der Waals surface area contributed by atoms with Crippen LogP contribution in [0, 0.1) is 17.8 Å². The van der Waals surface area contributed by atoms with Gasteiger partial charge in [-0.25, -0.2) is 0 Å². The van der Waals surface area contributed by atoms with E-state index in [9.17, 15) is 0 Å². The summed E-state index contributed by atoms with van der Waals surface area (Å²) in [6.07, 6.45) is 1.35. The van der Waals surface area contributed by atoms with E-state index < -0.39 is 0 Å². The number of hydrogen-bond donors (Lipinski definition) is 1. The summed E-state index contributed by atoms with van der Waals surface area (Å²) in [6, 6.07) is 0.539. The zero-order valence-corrected chi connectivity index (χ0v) is 12.9. The van der Waals surface area contributed by atoms with Gasteiger partial charge >= 0.3 is 0 Å². The zero-order valence-electron chi connectivity index (χ0n) is 12.9. The highest BCUT2D eigenvalue weighted by molar-refractivity contribution is 4.84. The van der Waals surface area contributed by atoms with Gasteiger partial charge in [-0.2, -0.15) is 0 Å². The molecule has 0 aromatic rings. The van der Waals surface area contributed by atoms with Crippen molar-refractivity contribution in [2.24, 2.45) is 17.8 Å². The molecule has 3 nitrogen and oxygen atoms in total. The van der Waals surface area contributed by atoms with Crippen LogP contribution in [-0.2, 0) is 4.74 Å². The van der Waals surface area contributed by atoms with Crippen LogP contribution in [0.4, 0.5) is 0 Å². The van der Waals surface area contributed by atoms with E-state index in [2.05, 4.69) is 37.9 Å². The van der Waals surface area contributed by atoms with Gasteiger partial charge in [-0.1, -0.05) is 27.7 Å². The summed E-state index contributed by atoms with van der Waals surface area (Å²) < 4.78 is 5.39. The van der Waals surface area contributed by atoms with Gasteiger partial charge in [0.2, 0.25) is 0 Å². The van der Waals surface area contributed by atoms with E-state index in [1.54, 1.807) is 0 Å². The molecule has 0 radical (unpaired) electrons. The summed E-state index contributed by atoms with van der Waals surface area (Å²) in [5.41, 5.74) is 0. The Morgan fingerprint density at radius 1 is 1.22 bits per heavy atom. The third kappa shape index (κ3) is 5.25. The summed E-state index contributed by atoms with van der Waals surface area (Å²) in [6.45, 7) is 14.7. The van der Waals surface area contributed by atoms with E-state index in [1.807, 2.05) is 7.11 Å². The molecule has 0 aliphatic carbocycles. The maximum Gasteiger partial charge on any atom is 0.0630 e. The van der Waals surface area contributed by atoms with Crippen LogP contribution in [0.1, 0.15) is 34.1 Å². The van der Waals surface area contributed by atoms with Gasteiger partial charge in [0.1, 0.15) is 0 Å². The molecule has 1 aliphatic rings. The Kier molecular flexibility index (Phi) is 7.20. The lowest BCUT2D eigenvalue weighted by molar-refractivity contribution is 0.0999. The van der Waals surface area contributed by atoms with E-state index in [0.29, 0.717) is 6.04 Å². The first-order valence-corrected chi connectivity index (χ1v) is 7.48. The summed E-state index contributed by atoms with van der Waals surface area (Å²) in [5.74, 6) is 2.39. The van der Waals surface area contributed by atoms with Crippen LogP contribution in [0.3, 0.4) is 0 Å². The molecule has 0 amide bonds. The Balaban J connectivity index is 2.37. The summed E-state index contributed by atoms with van der Waals surface area (Å²) >= 11 is 0. The molecule has 3 heteroatoms. The van der Waals surface area contributed by atoms with Crippen molar-refractivity contribution in [3.63, 3.8) is 0 Å². The number of likely N-dealkylation sites (tertiary alicyclic amines) is 1. The average molecular weight is 256 g/mol. The molecule has 1 N–H and O–H groups in total. The van der Waals surface area contributed by atoms with Gasteiger partial charge in [-0.15, -0.1) is 0 Å². The largest absolute Gasteiger partial charge is 0.383 e. The third-order valence-corrected chi connectivity index (χ3v) is 4.01. The summed E-state index contributed by atoms with van der Waals surface area (Å²) in [4.78, 5) is 2.61. The molecule has 2 atom stereocenters. The molecule has 0 bridgehead atoms. The molecule has 0 spiro atoms. The minimum absolute atomic E-state index is 0.539. The van der Waals surface area contributed by atoms with Gasteiger partial charge in [0.25, 0.3) is 0 Å². The second-order valence-electron chi connectivity index (χ2n) is 6.45. The highest BCUT2D eigenvalue weighted by Gasteiger charge is 2.29. The standard InChI is InChI=1S/C15H32N2O/c1-12(2)8-16-9-15(11-18-5)17-7-6-14(10-17)13(3)4/h12-16H,6-11H2,1-5H3. The smallest absolute Gasteiger partial charge is 0.0630 e. The van der Waals surface area contributed by atoms with Crippen LogP contribution < -0.4 is 5.32 Å². The molecular weight excluding hydrogens is 224 g/mol. The topological polar surface area (TPSA) is 24.5 Å². The minimum atomic E-state index is 0.539. The first-order valence-electron chi connectivity index (χ1n) is 7.48. The van der Waals surface area contributed by atoms with Crippen LogP contribution >= 0.6 is 0 Å². The minimum Gasteiger partial charge on any atom is -0.383 e. The Morgan fingerprint density at radius 3 is 2.44 bits per heavy atom. The van der Waals surface area contributed by atoms with Crippen molar-refractivity contribution in [1.82, 2.24) is 10.2 Å². The van der Waals surface area contributed by atoms with Crippen molar-refractivity contribution in [1.29, 1.82) is 0 Å². The Hall–Kier alpha value is -0.120. The van der Waals surface area contributed by atoms with Gasteiger partial charge in [-0.05, 0) is 37.3 Å². The Morgan fingerprint density at radius 2 is 1.94 bits per heavy atom. The van der Waals surface area contributed by atoms with Crippen molar-refractivity contribution in [2.45, 2.75) is 40.2 Å². The zero-order chi connectivity index (χ0) is 13.5. The van der Waals surface area contributed by atoms with Gasteiger partial charge in [-0.3, -0.25) is 4.90 Å². The summed E-state index contributed by atoms with van der Waals surface area (Å²) in [7, 11) is 1.81. The fraction of sp³-hybridized carbons (Fsp3) is 1.00. The molecule has 1 saturated heterocycles. The number of nitrogens with one attached hydrogen (secondary N) is 1. The van der Waals surface area contributed by atoms with E-state index in [4.69, 9.17) is 4.74 Å². The molecule has 1 aliphatic heterocycles. The highest BCUT2D eigenvalue weighted by Crippen LogP contribution is 2.25. The highest BCUT2D eigenvalue weighted by atomic mass is 16.5. The molecule has 0 saturated carbocycles. The fourth-order valence-electron chi connectivity index (χ4n) is 2.72. The molecule has 1 rings (SSSR count). The van der Waals surface area contributed by atoms with E-state index in [-0.39, 0.29) is 0 Å². The maximum atomic E-state index is 5.39. The third-order valence-electron chi connectivity index (χ3n) is 4.01. The monoisotopic (exact) mass is 256 g/mol. The van der Waals surface area contributed by atoms with Gasteiger partial charge in [0, 0.05) is 26.2 Å². The lowest BCUT2D eigenvalue weighted by Crippen LogP contribution is -2.44. The van der Waals surface area contributed by atoms with Gasteiger partial charge in [0.05, 0.1) is 6.61 Å². The van der Waals surface area contributed by atoms with Crippen molar-refractivity contribution >= 4 is 0 Å². The van der Waals surface area contributed by atoms with Gasteiger partial charge < -0.3 is 10.1 Å². The molecule has 1 fully saturated rings. The molecule has 18 heavy (non-hydrogen) atoms. The molecular formula is C15H32N2O. The van der Waals surface area contributed by atoms with Crippen LogP contribution in [0.5, 0.6) is 0 Å². The van der Waals surface area contributed by atoms with E-state index in [0.717, 1.165) is 37.5 Å².